The van der Waals surface area contributed by atoms with Crippen molar-refractivity contribution in [3.8, 4) is 11.5 Å². The van der Waals surface area contributed by atoms with E-state index in [9.17, 15) is 9.59 Å². The fourth-order valence-electron chi connectivity index (χ4n) is 3.59. The first-order valence-corrected chi connectivity index (χ1v) is 9.03. The lowest BCUT2D eigenvalue weighted by atomic mass is 9.98. The highest BCUT2D eigenvalue weighted by Crippen LogP contribution is 2.29. The van der Waals surface area contributed by atoms with Crippen LogP contribution in [-0.2, 0) is 22.5 Å². The molecule has 0 spiro atoms. The number of carbonyl (C=O) groups is 1. The van der Waals surface area contributed by atoms with Gasteiger partial charge in [0.2, 0.25) is 0 Å². The highest BCUT2D eigenvalue weighted by Gasteiger charge is 2.30. The van der Waals surface area contributed by atoms with Crippen molar-refractivity contribution in [1.29, 1.82) is 0 Å². The van der Waals surface area contributed by atoms with E-state index in [1.807, 2.05) is 42.7 Å². The summed E-state index contributed by atoms with van der Waals surface area (Å²) in [5.41, 5.74) is 0.516. The topological polar surface area (TPSA) is 91.9 Å². The van der Waals surface area contributed by atoms with E-state index in [4.69, 9.17) is 4.74 Å². The minimum atomic E-state index is -0.220. The molecule has 1 aliphatic heterocycles. The Morgan fingerprint density at radius 3 is 2.67 bits per heavy atom. The molecule has 0 saturated heterocycles. The molecule has 0 bridgehead atoms. The average Bonchev–Trinajstić information content (AvgIpc) is 3.10. The molecule has 0 amide bonds. The highest BCUT2D eigenvalue weighted by atomic mass is 16.5. The molecule has 0 N–H and O–H groups in total. The molecule has 2 aromatic heterocycles. The van der Waals surface area contributed by atoms with Crippen molar-refractivity contribution in [2.24, 2.45) is 5.92 Å². The summed E-state index contributed by atoms with van der Waals surface area (Å²) in [7, 11) is 1.40. The zero-order chi connectivity index (χ0) is 19.1. The summed E-state index contributed by atoms with van der Waals surface area (Å²) < 4.78 is 8.34. The normalized spacial score (nSPS) is 16.5. The molecule has 0 radical (unpaired) electrons. The third-order valence-electron chi connectivity index (χ3n) is 5.02. The predicted molar refractivity (Wildman–Crippen MR) is 99.2 cm³/mol. The van der Waals surface area contributed by atoms with Crippen molar-refractivity contribution in [2.45, 2.75) is 39.3 Å². The van der Waals surface area contributed by atoms with Crippen LogP contribution in [0, 0.1) is 5.92 Å². The largest absolute Gasteiger partial charge is 0.469 e. The molecule has 0 fully saturated rings. The van der Waals surface area contributed by atoms with E-state index in [0.717, 1.165) is 11.2 Å². The molecule has 3 aromatic rings. The number of hydrogen-bond donors (Lipinski definition) is 0. The zero-order valence-corrected chi connectivity index (χ0v) is 15.5. The van der Waals surface area contributed by atoms with E-state index in [-0.39, 0.29) is 23.5 Å². The fraction of sp³-hybridized carbons (Fsp3) is 0.421. The monoisotopic (exact) mass is 367 g/mol. The van der Waals surface area contributed by atoms with Gasteiger partial charge in [-0.05, 0) is 26.3 Å². The maximum absolute atomic E-state index is 12.7. The molecule has 8 heteroatoms. The van der Waals surface area contributed by atoms with E-state index < -0.39 is 0 Å². The molecule has 1 aliphatic rings. The number of carbonyl (C=O) groups excluding carboxylic acids is 1. The van der Waals surface area contributed by atoms with E-state index in [0.29, 0.717) is 36.3 Å². The first-order valence-electron chi connectivity index (χ1n) is 9.03. The number of hydrogen-bond acceptors (Lipinski definition) is 6. The summed E-state index contributed by atoms with van der Waals surface area (Å²) in [4.78, 5) is 24.6. The molecular formula is C19H21N5O3. The lowest BCUT2D eigenvalue weighted by molar-refractivity contribution is -0.146. The van der Waals surface area contributed by atoms with Gasteiger partial charge in [0, 0.05) is 18.4 Å². The fourth-order valence-corrected chi connectivity index (χ4v) is 3.59. The summed E-state index contributed by atoms with van der Waals surface area (Å²) >= 11 is 0. The first-order chi connectivity index (χ1) is 13.0. The van der Waals surface area contributed by atoms with Crippen molar-refractivity contribution >= 4 is 16.7 Å². The molecule has 0 aliphatic carbocycles. The summed E-state index contributed by atoms with van der Waals surface area (Å²) in [6, 6.07) is 7.34. The molecule has 3 heterocycles. The van der Waals surface area contributed by atoms with Crippen molar-refractivity contribution in [1.82, 2.24) is 24.5 Å². The van der Waals surface area contributed by atoms with Gasteiger partial charge in [-0.1, -0.05) is 18.2 Å². The molecule has 27 heavy (non-hydrogen) atoms. The Morgan fingerprint density at radius 1 is 1.22 bits per heavy atom. The van der Waals surface area contributed by atoms with Crippen LogP contribution in [0.1, 0.15) is 32.1 Å². The lowest BCUT2D eigenvalue weighted by Crippen LogP contribution is -2.28. The molecule has 4 rings (SSSR count). The molecule has 1 aromatic carbocycles. The van der Waals surface area contributed by atoms with Crippen LogP contribution < -0.4 is 5.56 Å². The predicted octanol–water partition coefficient (Wildman–Crippen LogP) is 1.97. The number of methoxy groups -OCH3 is 1. The van der Waals surface area contributed by atoms with Crippen molar-refractivity contribution in [2.75, 3.05) is 7.11 Å². The van der Waals surface area contributed by atoms with Crippen LogP contribution in [0.15, 0.2) is 29.1 Å². The Balaban J connectivity index is 1.88. The van der Waals surface area contributed by atoms with Crippen molar-refractivity contribution < 1.29 is 9.53 Å². The van der Waals surface area contributed by atoms with Gasteiger partial charge in [0.05, 0.1) is 24.5 Å². The van der Waals surface area contributed by atoms with Gasteiger partial charge in [-0.15, -0.1) is 10.2 Å². The van der Waals surface area contributed by atoms with E-state index in [1.165, 1.54) is 11.8 Å². The average molecular weight is 367 g/mol. The van der Waals surface area contributed by atoms with Gasteiger partial charge in [0.15, 0.2) is 5.82 Å². The maximum Gasteiger partial charge on any atom is 0.309 e. The number of rotatable bonds is 3. The minimum absolute atomic E-state index is 0.0756. The third kappa shape index (κ3) is 2.81. The summed E-state index contributed by atoms with van der Waals surface area (Å²) in [5, 5.41) is 14.6. The second kappa shape index (κ2) is 6.61. The van der Waals surface area contributed by atoms with E-state index in [1.54, 1.807) is 0 Å². The first kappa shape index (κ1) is 17.4. The van der Waals surface area contributed by atoms with Crippen LogP contribution in [0.25, 0.3) is 22.3 Å². The molecular weight excluding hydrogens is 346 g/mol. The minimum Gasteiger partial charge on any atom is -0.469 e. The summed E-state index contributed by atoms with van der Waals surface area (Å²) in [6.45, 7) is 4.45. The Morgan fingerprint density at radius 2 is 1.96 bits per heavy atom. The zero-order valence-electron chi connectivity index (χ0n) is 15.5. The van der Waals surface area contributed by atoms with E-state index in [2.05, 4.69) is 15.3 Å². The quantitative estimate of drug-likeness (QED) is 0.657. The van der Waals surface area contributed by atoms with Gasteiger partial charge in [-0.2, -0.15) is 5.10 Å². The Hall–Kier alpha value is -3.03. The van der Waals surface area contributed by atoms with Crippen LogP contribution in [0.3, 0.4) is 0 Å². The molecule has 1 atom stereocenters. The van der Waals surface area contributed by atoms with Gasteiger partial charge in [0.25, 0.3) is 5.56 Å². The standard InChI is InChI=1S/C19H21N5O3/c1-11(2)24-18(25)14-7-5-4-6-13(14)16(22-24)17-21-20-15-10-12(19(26)27-3)8-9-23(15)17/h4-7,11-12H,8-10H2,1-3H3. The van der Waals surface area contributed by atoms with Gasteiger partial charge in [-0.25, -0.2) is 4.68 Å². The highest BCUT2D eigenvalue weighted by molar-refractivity contribution is 5.92. The number of esters is 1. The van der Waals surface area contributed by atoms with Crippen LogP contribution in [0.5, 0.6) is 0 Å². The Bertz CT molecular complexity index is 1080. The SMILES string of the molecule is COC(=O)C1CCn2c(nnc2-c2nn(C(C)C)c(=O)c3ccccc23)C1. The maximum atomic E-state index is 12.7. The van der Waals surface area contributed by atoms with Crippen molar-refractivity contribution in [3.05, 3.63) is 40.4 Å². The number of fused-ring (bicyclic) bond motifs is 2. The Kier molecular flexibility index (Phi) is 4.25. The van der Waals surface area contributed by atoms with Gasteiger partial charge < -0.3 is 9.30 Å². The Labute approximate surface area is 155 Å². The smallest absolute Gasteiger partial charge is 0.309 e. The number of benzene rings is 1. The second-order valence-corrected chi connectivity index (χ2v) is 7.04. The van der Waals surface area contributed by atoms with Crippen LogP contribution in [0.4, 0.5) is 0 Å². The second-order valence-electron chi connectivity index (χ2n) is 7.04. The number of aromatic nitrogens is 5. The van der Waals surface area contributed by atoms with Gasteiger partial charge >= 0.3 is 5.97 Å². The van der Waals surface area contributed by atoms with Crippen molar-refractivity contribution in [3.63, 3.8) is 0 Å². The van der Waals surface area contributed by atoms with Crippen LogP contribution >= 0.6 is 0 Å². The summed E-state index contributed by atoms with van der Waals surface area (Å²) in [5.74, 6) is 0.940. The number of nitrogens with zero attached hydrogens (tertiary/aromatic N) is 5. The molecule has 8 nitrogen and oxygen atoms in total. The van der Waals surface area contributed by atoms with Gasteiger partial charge in [0.1, 0.15) is 11.5 Å². The van der Waals surface area contributed by atoms with Crippen LogP contribution in [0.2, 0.25) is 0 Å². The van der Waals surface area contributed by atoms with Gasteiger partial charge in [-0.3, -0.25) is 9.59 Å². The summed E-state index contributed by atoms with van der Waals surface area (Å²) in [6.07, 6.45) is 1.15. The molecule has 0 saturated carbocycles. The van der Waals surface area contributed by atoms with Crippen LogP contribution in [-0.4, -0.2) is 37.6 Å². The molecule has 1 unspecified atom stereocenters. The third-order valence-corrected chi connectivity index (χ3v) is 5.02. The van der Waals surface area contributed by atoms with E-state index >= 15 is 0 Å². The molecule has 140 valence electrons. The number of ether oxygens (including phenoxy) is 1. The lowest BCUT2D eigenvalue weighted by Gasteiger charge is -2.22.